The van der Waals surface area contributed by atoms with Crippen LogP contribution in [0.2, 0.25) is 0 Å². The Balaban J connectivity index is 2.04. The quantitative estimate of drug-likeness (QED) is 0.833. The van der Waals surface area contributed by atoms with Crippen LogP contribution in [0.5, 0.6) is 0 Å². The number of hydrogen-bond acceptors (Lipinski definition) is 5. The first-order valence-corrected chi connectivity index (χ1v) is 9.41. The standard InChI is InChI=1S/C14H23N3O4S/c1-11-9-13(16-21-11)15-14(18)10-17(22(2,19)20)12-7-5-3-4-6-8-12/h9,12H,3-8,10H2,1-2H3,(H,15,16,18). The van der Waals surface area contributed by atoms with Crippen LogP contribution in [-0.2, 0) is 14.8 Å². The summed E-state index contributed by atoms with van der Waals surface area (Å²) in [5.41, 5.74) is 0. The fraction of sp³-hybridized carbons (Fsp3) is 0.714. The molecule has 1 fully saturated rings. The Bertz CT molecular complexity index is 603. The van der Waals surface area contributed by atoms with E-state index in [1.54, 1.807) is 13.0 Å². The molecule has 1 aromatic heterocycles. The lowest BCUT2D eigenvalue weighted by Gasteiger charge is -2.28. The van der Waals surface area contributed by atoms with Gasteiger partial charge in [-0.3, -0.25) is 4.79 Å². The molecule has 0 bridgehead atoms. The molecule has 1 amide bonds. The highest BCUT2D eigenvalue weighted by atomic mass is 32.2. The van der Waals surface area contributed by atoms with E-state index < -0.39 is 15.9 Å². The van der Waals surface area contributed by atoms with Crippen LogP contribution in [0.4, 0.5) is 5.82 Å². The molecule has 2 rings (SSSR count). The third-order valence-electron chi connectivity index (χ3n) is 3.85. The monoisotopic (exact) mass is 329 g/mol. The third-order valence-corrected chi connectivity index (χ3v) is 5.13. The molecular weight excluding hydrogens is 306 g/mol. The zero-order chi connectivity index (χ0) is 16.2. The largest absolute Gasteiger partial charge is 0.360 e. The normalized spacial score (nSPS) is 17.4. The van der Waals surface area contributed by atoms with Crippen molar-refractivity contribution < 1.29 is 17.7 Å². The zero-order valence-corrected chi connectivity index (χ0v) is 13.9. The number of aryl methyl sites for hydroxylation is 1. The van der Waals surface area contributed by atoms with Gasteiger partial charge in [-0.05, 0) is 19.8 Å². The fourth-order valence-electron chi connectivity index (χ4n) is 2.81. The second kappa shape index (κ2) is 7.23. The van der Waals surface area contributed by atoms with Crippen LogP contribution < -0.4 is 5.32 Å². The van der Waals surface area contributed by atoms with Crippen molar-refractivity contribution in [3.8, 4) is 0 Å². The van der Waals surface area contributed by atoms with E-state index in [0.29, 0.717) is 11.6 Å². The van der Waals surface area contributed by atoms with E-state index in [9.17, 15) is 13.2 Å². The van der Waals surface area contributed by atoms with E-state index in [-0.39, 0.29) is 12.6 Å². The summed E-state index contributed by atoms with van der Waals surface area (Å²) in [6, 6.07) is 1.50. The van der Waals surface area contributed by atoms with Crippen molar-refractivity contribution in [2.24, 2.45) is 0 Å². The molecule has 0 spiro atoms. The highest BCUT2D eigenvalue weighted by Gasteiger charge is 2.29. The summed E-state index contributed by atoms with van der Waals surface area (Å²) >= 11 is 0. The molecule has 1 aliphatic carbocycles. The van der Waals surface area contributed by atoms with Crippen LogP contribution in [0.3, 0.4) is 0 Å². The van der Waals surface area contributed by atoms with E-state index in [4.69, 9.17) is 4.52 Å². The average Bonchev–Trinajstić information content (AvgIpc) is 2.67. The zero-order valence-electron chi connectivity index (χ0n) is 13.0. The first kappa shape index (κ1) is 17.0. The van der Waals surface area contributed by atoms with Crippen LogP contribution in [0.1, 0.15) is 44.3 Å². The maximum atomic E-state index is 12.1. The Morgan fingerprint density at radius 3 is 2.50 bits per heavy atom. The summed E-state index contributed by atoms with van der Waals surface area (Å²) in [5.74, 6) is 0.485. The number of aromatic nitrogens is 1. The molecule has 0 saturated heterocycles. The summed E-state index contributed by atoms with van der Waals surface area (Å²) in [7, 11) is -3.43. The highest BCUT2D eigenvalue weighted by Crippen LogP contribution is 2.23. The number of amides is 1. The van der Waals surface area contributed by atoms with Gasteiger partial charge in [0.25, 0.3) is 0 Å². The van der Waals surface area contributed by atoms with Gasteiger partial charge in [-0.25, -0.2) is 8.42 Å². The summed E-state index contributed by atoms with van der Waals surface area (Å²) in [6.07, 6.45) is 7.02. The molecule has 7 nitrogen and oxygen atoms in total. The molecule has 1 saturated carbocycles. The number of anilines is 1. The van der Waals surface area contributed by atoms with Gasteiger partial charge in [0.05, 0.1) is 12.8 Å². The molecule has 8 heteroatoms. The fourth-order valence-corrected chi connectivity index (χ4v) is 3.92. The number of carbonyl (C=O) groups excluding carboxylic acids is 1. The Labute approximate surface area is 131 Å². The molecule has 22 heavy (non-hydrogen) atoms. The SMILES string of the molecule is Cc1cc(NC(=O)CN(C2CCCCCC2)S(C)(=O)=O)no1. The second-order valence-electron chi connectivity index (χ2n) is 5.82. The predicted octanol–water partition coefficient (Wildman–Crippen LogP) is 1.91. The minimum absolute atomic E-state index is 0.0951. The van der Waals surface area contributed by atoms with Crippen LogP contribution in [0.25, 0.3) is 0 Å². The first-order chi connectivity index (χ1) is 10.4. The van der Waals surface area contributed by atoms with Crippen molar-refractivity contribution in [1.82, 2.24) is 9.46 Å². The van der Waals surface area contributed by atoms with Gasteiger partial charge in [0.15, 0.2) is 5.82 Å². The molecule has 1 heterocycles. The van der Waals surface area contributed by atoms with Crippen molar-refractivity contribution in [2.45, 2.75) is 51.5 Å². The first-order valence-electron chi connectivity index (χ1n) is 7.56. The van der Waals surface area contributed by atoms with E-state index >= 15 is 0 Å². The molecule has 0 unspecified atom stereocenters. The molecule has 0 aliphatic heterocycles. The van der Waals surface area contributed by atoms with Gasteiger partial charge < -0.3 is 9.84 Å². The molecule has 124 valence electrons. The van der Waals surface area contributed by atoms with Gasteiger partial charge in [-0.15, -0.1) is 0 Å². The van der Waals surface area contributed by atoms with E-state index in [0.717, 1.165) is 44.8 Å². The van der Waals surface area contributed by atoms with Crippen molar-refractivity contribution in [3.63, 3.8) is 0 Å². The Kier molecular flexibility index (Phi) is 5.57. The van der Waals surface area contributed by atoms with Crippen molar-refractivity contribution >= 4 is 21.7 Å². The molecular formula is C14H23N3O4S. The van der Waals surface area contributed by atoms with Gasteiger partial charge in [0.2, 0.25) is 15.9 Å². The number of sulfonamides is 1. The Morgan fingerprint density at radius 2 is 2.00 bits per heavy atom. The summed E-state index contributed by atoms with van der Waals surface area (Å²) in [4.78, 5) is 12.1. The topological polar surface area (TPSA) is 92.5 Å². The summed E-state index contributed by atoms with van der Waals surface area (Å²) in [5, 5.41) is 6.25. The lowest BCUT2D eigenvalue weighted by atomic mass is 10.1. The molecule has 1 aromatic rings. The number of carbonyl (C=O) groups is 1. The maximum Gasteiger partial charge on any atom is 0.240 e. The van der Waals surface area contributed by atoms with Gasteiger partial charge in [-0.1, -0.05) is 30.8 Å². The van der Waals surface area contributed by atoms with E-state index in [1.165, 1.54) is 4.31 Å². The second-order valence-corrected chi connectivity index (χ2v) is 7.76. The van der Waals surface area contributed by atoms with Gasteiger partial charge >= 0.3 is 0 Å². The third kappa shape index (κ3) is 4.81. The molecule has 0 atom stereocenters. The minimum Gasteiger partial charge on any atom is -0.360 e. The summed E-state index contributed by atoms with van der Waals surface area (Å²) < 4.78 is 30.3. The van der Waals surface area contributed by atoms with Crippen molar-refractivity contribution in [2.75, 3.05) is 18.1 Å². The number of nitrogens with one attached hydrogen (secondary N) is 1. The van der Waals surface area contributed by atoms with Crippen LogP contribution in [0, 0.1) is 6.92 Å². The number of hydrogen-bond donors (Lipinski definition) is 1. The number of rotatable bonds is 5. The van der Waals surface area contributed by atoms with Crippen LogP contribution in [-0.4, -0.2) is 42.6 Å². The van der Waals surface area contributed by atoms with Crippen LogP contribution in [0.15, 0.2) is 10.6 Å². The van der Waals surface area contributed by atoms with Crippen LogP contribution >= 0.6 is 0 Å². The summed E-state index contributed by atoms with van der Waals surface area (Å²) in [6.45, 7) is 1.53. The van der Waals surface area contributed by atoms with E-state index in [2.05, 4.69) is 10.5 Å². The lowest BCUT2D eigenvalue weighted by Crippen LogP contribution is -2.44. The highest BCUT2D eigenvalue weighted by molar-refractivity contribution is 7.88. The Morgan fingerprint density at radius 1 is 1.36 bits per heavy atom. The smallest absolute Gasteiger partial charge is 0.240 e. The molecule has 0 aromatic carbocycles. The lowest BCUT2D eigenvalue weighted by molar-refractivity contribution is -0.116. The maximum absolute atomic E-state index is 12.1. The number of nitrogens with zero attached hydrogens (tertiary/aromatic N) is 2. The molecule has 1 N–H and O–H groups in total. The van der Waals surface area contributed by atoms with Crippen molar-refractivity contribution in [1.29, 1.82) is 0 Å². The molecule has 1 aliphatic rings. The van der Waals surface area contributed by atoms with E-state index in [1.807, 2.05) is 0 Å². The Hall–Kier alpha value is -1.41. The van der Waals surface area contributed by atoms with Gasteiger partial charge in [0, 0.05) is 12.1 Å². The van der Waals surface area contributed by atoms with Gasteiger partial charge in [-0.2, -0.15) is 4.31 Å². The average molecular weight is 329 g/mol. The minimum atomic E-state index is -3.43. The molecule has 0 radical (unpaired) electrons. The van der Waals surface area contributed by atoms with Gasteiger partial charge in [0.1, 0.15) is 5.76 Å². The predicted molar refractivity (Wildman–Crippen MR) is 82.9 cm³/mol. The van der Waals surface area contributed by atoms with Crippen molar-refractivity contribution in [3.05, 3.63) is 11.8 Å².